The van der Waals surface area contributed by atoms with Crippen molar-refractivity contribution >= 4 is 32.7 Å². The molecule has 1 atom stereocenters. The van der Waals surface area contributed by atoms with Gasteiger partial charge in [-0.25, -0.2) is 9.97 Å². The minimum absolute atomic E-state index is 0.115. The molecule has 0 spiro atoms. The summed E-state index contributed by atoms with van der Waals surface area (Å²) in [5.41, 5.74) is 3.63. The highest BCUT2D eigenvalue weighted by molar-refractivity contribution is 7.21. The van der Waals surface area contributed by atoms with Crippen LogP contribution >= 0.6 is 11.3 Å². The van der Waals surface area contributed by atoms with E-state index in [9.17, 15) is 4.79 Å². The predicted octanol–water partition coefficient (Wildman–Crippen LogP) is 3.85. The number of rotatable bonds is 6. The fourth-order valence-electron chi connectivity index (χ4n) is 4.79. The van der Waals surface area contributed by atoms with Crippen molar-refractivity contribution in [3.63, 3.8) is 0 Å². The van der Waals surface area contributed by atoms with E-state index in [1.807, 2.05) is 18.3 Å². The van der Waals surface area contributed by atoms with Gasteiger partial charge in [0.2, 0.25) is 5.91 Å². The van der Waals surface area contributed by atoms with Gasteiger partial charge in [0.25, 0.3) is 0 Å². The van der Waals surface area contributed by atoms with Crippen LogP contribution in [0.1, 0.15) is 30.4 Å². The molecule has 168 valence electrons. The second-order valence-corrected chi connectivity index (χ2v) is 10.2. The second kappa shape index (κ2) is 9.55. The van der Waals surface area contributed by atoms with E-state index in [1.54, 1.807) is 11.3 Å². The summed E-state index contributed by atoms with van der Waals surface area (Å²) in [5.74, 6) is 0.899. The van der Waals surface area contributed by atoms with Crippen molar-refractivity contribution in [1.82, 2.24) is 20.2 Å². The molecule has 1 N–H and O–H groups in total. The summed E-state index contributed by atoms with van der Waals surface area (Å²) in [6.07, 6.45) is 4.75. The third-order valence-corrected chi connectivity index (χ3v) is 7.79. The lowest BCUT2D eigenvalue weighted by atomic mass is 9.96. The van der Waals surface area contributed by atoms with Gasteiger partial charge in [0.05, 0.1) is 0 Å². The third kappa shape index (κ3) is 4.94. The number of nitrogens with one attached hydrogen (secondary N) is 1. The van der Waals surface area contributed by atoms with E-state index in [1.165, 1.54) is 11.1 Å². The van der Waals surface area contributed by atoms with Gasteiger partial charge in [-0.3, -0.25) is 9.69 Å². The molecule has 32 heavy (non-hydrogen) atoms. The van der Waals surface area contributed by atoms with E-state index in [0.29, 0.717) is 5.92 Å². The molecule has 0 saturated carbocycles. The molecule has 7 heteroatoms. The lowest BCUT2D eigenvalue weighted by Gasteiger charge is -2.31. The summed E-state index contributed by atoms with van der Waals surface area (Å²) in [6.45, 7) is 7.87. The molecular weight excluding hydrogens is 418 g/mol. The lowest BCUT2D eigenvalue weighted by molar-refractivity contribution is -0.125. The first-order valence-electron chi connectivity index (χ1n) is 11.7. The molecule has 2 aliphatic rings. The van der Waals surface area contributed by atoms with E-state index in [0.717, 1.165) is 74.0 Å². The first-order chi connectivity index (χ1) is 15.6. The molecule has 3 aromatic rings. The highest BCUT2D eigenvalue weighted by atomic mass is 32.1. The van der Waals surface area contributed by atoms with Gasteiger partial charge in [-0.2, -0.15) is 0 Å². The second-order valence-electron chi connectivity index (χ2n) is 9.21. The minimum atomic E-state index is 0.115. The van der Waals surface area contributed by atoms with Crippen molar-refractivity contribution in [2.24, 2.45) is 11.8 Å². The number of aromatic nitrogens is 2. The molecule has 2 aliphatic heterocycles. The molecule has 0 bridgehead atoms. The summed E-state index contributed by atoms with van der Waals surface area (Å²) < 4.78 is 0. The van der Waals surface area contributed by atoms with Crippen LogP contribution in [0.5, 0.6) is 0 Å². The monoisotopic (exact) mass is 449 g/mol. The summed E-state index contributed by atoms with van der Waals surface area (Å²) >= 11 is 1.64. The van der Waals surface area contributed by atoms with Gasteiger partial charge in [-0.15, -0.1) is 0 Å². The summed E-state index contributed by atoms with van der Waals surface area (Å²) in [7, 11) is 0. The van der Waals surface area contributed by atoms with Crippen LogP contribution in [0, 0.1) is 18.8 Å². The molecule has 5 rings (SSSR count). The number of aryl methyl sites for hydroxylation is 1. The smallest absolute Gasteiger partial charge is 0.223 e. The third-order valence-electron chi connectivity index (χ3n) is 6.75. The molecule has 2 saturated heterocycles. The normalized spacial score (nSPS) is 20.2. The largest absolute Gasteiger partial charge is 0.356 e. The van der Waals surface area contributed by atoms with Crippen molar-refractivity contribution in [2.45, 2.75) is 32.7 Å². The molecular formula is C25H31N5OS. The van der Waals surface area contributed by atoms with Gasteiger partial charge in [0.15, 0.2) is 5.13 Å². The van der Waals surface area contributed by atoms with Crippen LogP contribution in [0.2, 0.25) is 0 Å². The number of pyridine rings is 1. The number of benzene rings is 1. The average molecular weight is 450 g/mol. The fourth-order valence-corrected chi connectivity index (χ4v) is 5.75. The molecule has 6 nitrogen and oxygen atoms in total. The van der Waals surface area contributed by atoms with Crippen LogP contribution in [-0.2, 0) is 11.3 Å². The van der Waals surface area contributed by atoms with Crippen LogP contribution in [0.15, 0.2) is 42.6 Å². The standard InChI is InChI=1S/C25H31N5OS/c1-18-4-6-19(7-5-18)16-29-12-8-20(17-29)15-27-23(31)21-9-13-30(14-10-21)25-28-22-3-2-11-26-24(22)32-25/h2-7,11,20-21H,8-10,12-17H2,1H3,(H,27,31)/t20-/m0/s1. The zero-order valence-corrected chi connectivity index (χ0v) is 19.5. The summed E-state index contributed by atoms with van der Waals surface area (Å²) in [4.78, 5) is 27.7. The van der Waals surface area contributed by atoms with Crippen molar-refractivity contribution in [1.29, 1.82) is 0 Å². The van der Waals surface area contributed by atoms with Crippen molar-refractivity contribution in [3.8, 4) is 0 Å². The summed E-state index contributed by atoms with van der Waals surface area (Å²) in [6, 6.07) is 12.7. The number of piperidine rings is 1. The van der Waals surface area contributed by atoms with Gasteiger partial charge in [-0.1, -0.05) is 41.2 Å². The molecule has 4 heterocycles. The van der Waals surface area contributed by atoms with Gasteiger partial charge in [0.1, 0.15) is 10.3 Å². The minimum Gasteiger partial charge on any atom is -0.356 e. The number of nitrogens with zero attached hydrogens (tertiary/aromatic N) is 4. The van der Waals surface area contributed by atoms with Gasteiger partial charge >= 0.3 is 0 Å². The number of hydrogen-bond acceptors (Lipinski definition) is 6. The Morgan fingerprint density at radius 3 is 2.72 bits per heavy atom. The first kappa shape index (κ1) is 21.3. The lowest BCUT2D eigenvalue weighted by Crippen LogP contribution is -2.42. The Kier molecular flexibility index (Phi) is 6.37. The Hall–Kier alpha value is -2.51. The van der Waals surface area contributed by atoms with Gasteiger partial charge in [-0.05, 0) is 56.3 Å². The maximum atomic E-state index is 12.8. The van der Waals surface area contributed by atoms with E-state index >= 15 is 0 Å². The van der Waals surface area contributed by atoms with Crippen LogP contribution in [-0.4, -0.2) is 53.5 Å². The van der Waals surface area contributed by atoms with E-state index in [2.05, 4.69) is 51.3 Å². The molecule has 2 fully saturated rings. The number of likely N-dealkylation sites (tertiary alicyclic amines) is 1. The number of amides is 1. The highest BCUT2D eigenvalue weighted by Crippen LogP contribution is 2.30. The van der Waals surface area contributed by atoms with Gasteiger partial charge in [0, 0.05) is 44.8 Å². The Morgan fingerprint density at radius 2 is 1.94 bits per heavy atom. The first-order valence-corrected chi connectivity index (χ1v) is 12.5. The zero-order chi connectivity index (χ0) is 21.9. The Morgan fingerprint density at radius 1 is 1.12 bits per heavy atom. The summed E-state index contributed by atoms with van der Waals surface area (Å²) in [5, 5.41) is 4.28. The topological polar surface area (TPSA) is 61.4 Å². The number of thiazole rings is 1. The maximum Gasteiger partial charge on any atom is 0.223 e. The van der Waals surface area contributed by atoms with Crippen LogP contribution in [0.25, 0.3) is 10.3 Å². The molecule has 0 unspecified atom stereocenters. The van der Waals surface area contributed by atoms with Crippen molar-refractivity contribution < 1.29 is 4.79 Å². The number of fused-ring (bicyclic) bond motifs is 1. The van der Waals surface area contributed by atoms with Crippen LogP contribution in [0.3, 0.4) is 0 Å². The van der Waals surface area contributed by atoms with E-state index in [4.69, 9.17) is 4.98 Å². The van der Waals surface area contributed by atoms with Crippen molar-refractivity contribution in [3.05, 3.63) is 53.7 Å². The van der Waals surface area contributed by atoms with E-state index < -0.39 is 0 Å². The van der Waals surface area contributed by atoms with E-state index in [-0.39, 0.29) is 11.8 Å². The van der Waals surface area contributed by atoms with Crippen LogP contribution < -0.4 is 10.2 Å². The van der Waals surface area contributed by atoms with Crippen LogP contribution in [0.4, 0.5) is 5.13 Å². The average Bonchev–Trinajstić information content (AvgIpc) is 3.46. The Balaban J connectivity index is 1.05. The molecule has 1 aromatic carbocycles. The predicted molar refractivity (Wildman–Crippen MR) is 130 cm³/mol. The quantitative estimate of drug-likeness (QED) is 0.619. The number of anilines is 1. The fraction of sp³-hybridized carbons (Fsp3) is 0.480. The Bertz CT molecular complexity index is 1020. The zero-order valence-electron chi connectivity index (χ0n) is 18.7. The number of carbonyl (C=O) groups is 1. The molecule has 0 radical (unpaired) electrons. The molecule has 0 aliphatic carbocycles. The highest BCUT2D eigenvalue weighted by Gasteiger charge is 2.28. The van der Waals surface area contributed by atoms with Crippen molar-refractivity contribution in [2.75, 3.05) is 37.6 Å². The maximum absolute atomic E-state index is 12.8. The number of hydrogen-bond donors (Lipinski definition) is 1. The Labute approximate surface area is 193 Å². The van der Waals surface area contributed by atoms with Gasteiger partial charge < -0.3 is 10.2 Å². The molecule has 1 amide bonds. The molecule has 2 aromatic heterocycles. The number of carbonyl (C=O) groups excluding carboxylic acids is 1. The SMILES string of the molecule is Cc1ccc(CN2CC[C@@H](CNC(=O)C3CCN(c4nc5cccnc5s4)CC3)C2)cc1.